The molecule has 0 bridgehead atoms. The van der Waals surface area contributed by atoms with Gasteiger partial charge in [-0.25, -0.2) is 0 Å². The molecule has 0 saturated heterocycles. The van der Waals surface area contributed by atoms with Gasteiger partial charge in [-0.3, -0.25) is 0 Å². The molecule has 0 heterocycles. The molecule has 1 N–H and O–H groups in total. The van der Waals surface area contributed by atoms with E-state index in [4.69, 9.17) is 4.74 Å². The molecule has 118 valence electrons. The van der Waals surface area contributed by atoms with Gasteiger partial charge in [0, 0.05) is 18.6 Å². The highest BCUT2D eigenvalue weighted by Gasteiger charge is 2.31. The highest BCUT2D eigenvalue weighted by Crippen LogP contribution is 2.35. The number of benzene rings is 1. The first-order valence-electron chi connectivity index (χ1n) is 8.23. The summed E-state index contributed by atoms with van der Waals surface area (Å²) in [5.74, 6) is 1.85. The SMILES string of the molecule is CCCNC(CN(C)C(C)C1CC1)c1cccc(OC)c1. The molecule has 1 aromatic rings. The molecule has 2 atom stereocenters. The van der Waals surface area contributed by atoms with Crippen molar-refractivity contribution in [1.29, 1.82) is 0 Å². The van der Waals surface area contributed by atoms with Crippen molar-refractivity contribution < 1.29 is 4.74 Å². The smallest absolute Gasteiger partial charge is 0.119 e. The Morgan fingerprint density at radius 1 is 1.38 bits per heavy atom. The van der Waals surface area contributed by atoms with Gasteiger partial charge < -0.3 is 15.0 Å². The number of likely N-dealkylation sites (N-methyl/N-ethyl adjacent to an activating group) is 1. The van der Waals surface area contributed by atoms with E-state index in [-0.39, 0.29) is 0 Å². The van der Waals surface area contributed by atoms with E-state index in [0.29, 0.717) is 12.1 Å². The minimum absolute atomic E-state index is 0.367. The molecule has 0 radical (unpaired) electrons. The van der Waals surface area contributed by atoms with Crippen LogP contribution in [0.5, 0.6) is 5.75 Å². The maximum absolute atomic E-state index is 5.37. The molecule has 1 fully saturated rings. The lowest BCUT2D eigenvalue weighted by atomic mass is 10.0. The van der Waals surface area contributed by atoms with E-state index in [1.807, 2.05) is 6.07 Å². The Kier molecular flexibility index (Phi) is 6.07. The average Bonchev–Trinajstić information content (AvgIpc) is 3.35. The van der Waals surface area contributed by atoms with Crippen molar-refractivity contribution in [3.8, 4) is 5.75 Å². The zero-order valence-corrected chi connectivity index (χ0v) is 13.9. The van der Waals surface area contributed by atoms with Gasteiger partial charge >= 0.3 is 0 Å². The van der Waals surface area contributed by atoms with E-state index in [0.717, 1.165) is 31.2 Å². The predicted molar refractivity (Wildman–Crippen MR) is 88.8 cm³/mol. The van der Waals surface area contributed by atoms with Crippen molar-refractivity contribution in [2.75, 3.05) is 27.2 Å². The van der Waals surface area contributed by atoms with E-state index in [9.17, 15) is 0 Å². The Balaban J connectivity index is 2.05. The number of methoxy groups -OCH3 is 1. The molecule has 1 saturated carbocycles. The molecule has 21 heavy (non-hydrogen) atoms. The van der Waals surface area contributed by atoms with Gasteiger partial charge in [-0.15, -0.1) is 0 Å². The lowest BCUT2D eigenvalue weighted by Gasteiger charge is -2.30. The third-order valence-electron chi connectivity index (χ3n) is 4.61. The van der Waals surface area contributed by atoms with Crippen LogP contribution in [0.2, 0.25) is 0 Å². The fourth-order valence-corrected chi connectivity index (χ4v) is 2.86. The summed E-state index contributed by atoms with van der Waals surface area (Å²) in [6.07, 6.45) is 3.96. The maximum atomic E-state index is 5.37. The summed E-state index contributed by atoms with van der Waals surface area (Å²) in [6.45, 7) is 6.67. The van der Waals surface area contributed by atoms with Crippen LogP contribution in [0.15, 0.2) is 24.3 Å². The second-order valence-corrected chi connectivity index (χ2v) is 6.30. The van der Waals surface area contributed by atoms with Crippen molar-refractivity contribution in [1.82, 2.24) is 10.2 Å². The monoisotopic (exact) mass is 290 g/mol. The lowest BCUT2D eigenvalue weighted by molar-refractivity contribution is 0.210. The van der Waals surface area contributed by atoms with Crippen molar-refractivity contribution in [3.63, 3.8) is 0 Å². The molecule has 1 aliphatic carbocycles. The Labute approximate surface area is 129 Å². The van der Waals surface area contributed by atoms with E-state index in [1.165, 1.54) is 18.4 Å². The number of nitrogens with one attached hydrogen (secondary N) is 1. The van der Waals surface area contributed by atoms with Crippen LogP contribution in [-0.4, -0.2) is 38.2 Å². The third kappa shape index (κ3) is 4.72. The van der Waals surface area contributed by atoms with Crippen LogP contribution >= 0.6 is 0 Å². The van der Waals surface area contributed by atoms with Crippen LogP contribution < -0.4 is 10.1 Å². The summed E-state index contributed by atoms with van der Waals surface area (Å²) in [5, 5.41) is 3.68. The standard InChI is InChI=1S/C18H30N2O/c1-5-11-19-18(13-20(3)14(2)15-9-10-15)16-7-6-8-17(12-16)21-4/h6-8,12,14-15,18-19H,5,9-11,13H2,1-4H3. The number of hydrogen-bond donors (Lipinski definition) is 1. The zero-order chi connectivity index (χ0) is 15.2. The molecule has 1 aromatic carbocycles. The minimum Gasteiger partial charge on any atom is -0.497 e. The number of rotatable bonds is 9. The first-order valence-corrected chi connectivity index (χ1v) is 8.23. The van der Waals surface area contributed by atoms with Gasteiger partial charge in [0.2, 0.25) is 0 Å². The molecule has 0 aromatic heterocycles. The van der Waals surface area contributed by atoms with Crippen LogP contribution in [0.3, 0.4) is 0 Å². The summed E-state index contributed by atoms with van der Waals surface area (Å²) in [4.78, 5) is 2.50. The van der Waals surface area contributed by atoms with Crippen LogP contribution in [-0.2, 0) is 0 Å². The largest absolute Gasteiger partial charge is 0.497 e. The molecule has 0 amide bonds. The Hall–Kier alpha value is -1.06. The van der Waals surface area contributed by atoms with Crippen molar-refractivity contribution in [2.24, 2.45) is 5.92 Å². The highest BCUT2D eigenvalue weighted by atomic mass is 16.5. The molecule has 2 rings (SSSR count). The summed E-state index contributed by atoms with van der Waals surface area (Å²) in [7, 11) is 3.98. The Morgan fingerprint density at radius 2 is 2.14 bits per heavy atom. The fraction of sp³-hybridized carbons (Fsp3) is 0.667. The molecule has 0 aliphatic heterocycles. The van der Waals surface area contributed by atoms with Crippen LogP contribution in [0.1, 0.15) is 44.7 Å². The molecule has 0 spiro atoms. The molecular formula is C18H30N2O. The maximum Gasteiger partial charge on any atom is 0.119 e. The topological polar surface area (TPSA) is 24.5 Å². The van der Waals surface area contributed by atoms with Crippen molar-refractivity contribution in [3.05, 3.63) is 29.8 Å². The summed E-state index contributed by atoms with van der Waals surface area (Å²) >= 11 is 0. The van der Waals surface area contributed by atoms with Gasteiger partial charge in [-0.2, -0.15) is 0 Å². The number of hydrogen-bond acceptors (Lipinski definition) is 3. The summed E-state index contributed by atoms with van der Waals surface area (Å²) in [6, 6.07) is 9.50. The molecular weight excluding hydrogens is 260 g/mol. The van der Waals surface area contributed by atoms with E-state index in [2.05, 4.69) is 49.3 Å². The first-order chi connectivity index (χ1) is 10.2. The van der Waals surface area contributed by atoms with E-state index < -0.39 is 0 Å². The molecule has 1 aliphatic rings. The van der Waals surface area contributed by atoms with Crippen molar-refractivity contribution >= 4 is 0 Å². The van der Waals surface area contributed by atoms with Crippen LogP contribution in [0.25, 0.3) is 0 Å². The van der Waals surface area contributed by atoms with E-state index in [1.54, 1.807) is 7.11 Å². The average molecular weight is 290 g/mol. The minimum atomic E-state index is 0.367. The molecule has 2 unspecified atom stereocenters. The number of nitrogens with zero attached hydrogens (tertiary/aromatic N) is 1. The summed E-state index contributed by atoms with van der Waals surface area (Å²) in [5.41, 5.74) is 1.32. The van der Waals surface area contributed by atoms with Gasteiger partial charge in [-0.1, -0.05) is 19.1 Å². The quantitative estimate of drug-likeness (QED) is 0.753. The van der Waals surface area contributed by atoms with E-state index >= 15 is 0 Å². The van der Waals surface area contributed by atoms with Gasteiger partial charge in [-0.05, 0) is 63.4 Å². The Bertz CT molecular complexity index is 431. The molecule has 3 heteroatoms. The van der Waals surface area contributed by atoms with Gasteiger partial charge in [0.05, 0.1) is 7.11 Å². The second-order valence-electron chi connectivity index (χ2n) is 6.30. The predicted octanol–water partition coefficient (Wildman–Crippen LogP) is 3.47. The molecule has 3 nitrogen and oxygen atoms in total. The van der Waals surface area contributed by atoms with Gasteiger partial charge in [0.1, 0.15) is 5.75 Å². The highest BCUT2D eigenvalue weighted by molar-refractivity contribution is 5.30. The van der Waals surface area contributed by atoms with Gasteiger partial charge in [0.15, 0.2) is 0 Å². The third-order valence-corrected chi connectivity index (χ3v) is 4.61. The Morgan fingerprint density at radius 3 is 2.76 bits per heavy atom. The van der Waals surface area contributed by atoms with Crippen molar-refractivity contribution in [2.45, 2.75) is 45.2 Å². The van der Waals surface area contributed by atoms with Crippen LogP contribution in [0, 0.1) is 5.92 Å². The number of ether oxygens (including phenoxy) is 1. The zero-order valence-electron chi connectivity index (χ0n) is 13.9. The van der Waals surface area contributed by atoms with Gasteiger partial charge in [0.25, 0.3) is 0 Å². The lowest BCUT2D eigenvalue weighted by Crippen LogP contribution is -2.39. The normalized spacial score (nSPS) is 17.8. The summed E-state index contributed by atoms with van der Waals surface area (Å²) < 4.78 is 5.37. The fourth-order valence-electron chi connectivity index (χ4n) is 2.86. The first kappa shape index (κ1) is 16.3. The second kappa shape index (κ2) is 7.81. The van der Waals surface area contributed by atoms with Crippen LogP contribution in [0.4, 0.5) is 0 Å².